The molecule has 0 radical (unpaired) electrons. The quantitative estimate of drug-likeness (QED) is 0.312. The summed E-state index contributed by atoms with van der Waals surface area (Å²) >= 11 is 0. The third kappa shape index (κ3) is 3.16. The summed E-state index contributed by atoms with van der Waals surface area (Å²) in [5.41, 5.74) is 4.99. The Morgan fingerprint density at radius 2 is 1.27 bits per heavy atom. The number of benzene rings is 4. The molecule has 0 atom stereocenters. The predicted octanol–water partition coefficient (Wildman–Crippen LogP) is 6.06. The van der Waals surface area contributed by atoms with Gasteiger partial charge in [-0.2, -0.15) is 0 Å². The number of para-hydroxylation sites is 4. The Morgan fingerprint density at radius 1 is 0.730 bits per heavy atom. The van der Waals surface area contributed by atoms with Gasteiger partial charge in [0.15, 0.2) is 5.43 Å². The highest BCUT2D eigenvalue weighted by atomic mass is 16.2. The monoisotopic (exact) mass is 482 g/mol. The first kappa shape index (κ1) is 21.3. The number of amides is 1. The van der Waals surface area contributed by atoms with E-state index in [2.05, 4.69) is 9.72 Å². The Balaban J connectivity index is 1.43. The lowest BCUT2D eigenvalue weighted by Gasteiger charge is -2.15. The summed E-state index contributed by atoms with van der Waals surface area (Å²) in [5.74, 6) is 0.679. The number of nitrogens with one attached hydrogen (secondary N) is 1. The van der Waals surface area contributed by atoms with Crippen LogP contribution in [0.2, 0.25) is 0 Å². The number of rotatable bonds is 3. The molecule has 178 valence electrons. The van der Waals surface area contributed by atoms with E-state index in [1.165, 1.54) is 0 Å². The lowest BCUT2D eigenvalue weighted by atomic mass is 10.1. The van der Waals surface area contributed by atoms with Crippen LogP contribution in [-0.4, -0.2) is 19.9 Å². The first-order chi connectivity index (χ1) is 18.1. The molecule has 7 aromatic rings. The van der Waals surface area contributed by atoms with E-state index >= 15 is 0 Å². The van der Waals surface area contributed by atoms with Gasteiger partial charge in [0.2, 0.25) is 5.91 Å². The first-order valence-electron chi connectivity index (χ1n) is 12.2. The number of pyridine rings is 1. The van der Waals surface area contributed by atoms with Crippen LogP contribution in [0.4, 0.5) is 5.69 Å². The minimum Gasteiger partial charge on any atom is -0.331 e. The fourth-order valence-electron chi connectivity index (χ4n) is 5.52. The minimum atomic E-state index is -0.171. The number of carbonyl (C=O) groups is 1. The Morgan fingerprint density at radius 3 is 1.95 bits per heavy atom. The SMILES string of the molecule is Cc1nc2ccccc2c2c(NC(=O)Cn3c4ccccc4c(=O)c4ccccc43)c3ccccc3n12. The van der Waals surface area contributed by atoms with Gasteiger partial charge in [-0.1, -0.05) is 60.7 Å². The van der Waals surface area contributed by atoms with Crippen LogP contribution in [0.5, 0.6) is 0 Å². The van der Waals surface area contributed by atoms with Crippen LogP contribution < -0.4 is 10.7 Å². The van der Waals surface area contributed by atoms with Crippen molar-refractivity contribution < 1.29 is 4.79 Å². The van der Waals surface area contributed by atoms with E-state index in [4.69, 9.17) is 4.98 Å². The molecule has 0 aliphatic rings. The molecule has 0 bridgehead atoms. The van der Waals surface area contributed by atoms with E-state index in [1.54, 1.807) is 0 Å². The number of aryl methyl sites for hydroxylation is 1. The molecule has 6 nitrogen and oxygen atoms in total. The zero-order chi connectivity index (χ0) is 25.1. The fourth-order valence-corrected chi connectivity index (χ4v) is 5.52. The Hall–Kier alpha value is -4.97. The van der Waals surface area contributed by atoms with Crippen molar-refractivity contribution in [1.82, 2.24) is 14.0 Å². The van der Waals surface area contributed by atoms with Gasteiger partial charge in [-0.15, -0.1) is 0 Å². The average molecular weight is 483 g/mol. The molecule has 0 aliphatic heterocycles. The number of hydrogen-bond acceptors (Lipinski definition) is 3. The van der Waals surface area contributed by atoms with Crippen molar-refractivity contribution in [3.05, 3.63) is 113 Å². The summed E-state index contributed by atoms with van der Waals surface area (Å²) in [6.07, 6.45) is 0. The third-order valence-electron chi connectivity index (χ3n) is 7.08. The summed E-state index contributed by atoms with van der Waals surface area (Å²) in [7, 11) is 0. The molecule has 3 heterocycles. The molecule has 0 aliphatic carbocycles. The molecular weight excluding hydrogens is 460 g/mol. The number of hydrogen-bond donors (Lipinski definition) is 1. The molecule has 0 fully saturated rings. The molecule has 1 amide bonds. The van der Waals surface area contributed by atoms with Crippen molar-refractivity contribution in [2.45, 2.75) is 13.5 Å². The van der Waals surface area contributed by atoms with E-state index in [9.17, 15) is 9.59 Å². The van der Waals surface area contributed by atoms with E-state index in [0.29, 0.717) is 10.8 Å². The van der Waals surface area contributed by atoms with Gasteiger partial charge in [0, 0.05) is 21.5 Å². The molecule has 0 unspecified atom stereocenters. The van der Waals surface area contributed by atoms with Crippen molar-refractivity contribution in [2.24, 2.45) is 0 Å². The standard InChI is InChI=1S/C31H22N4O2/c1-19-32-24-14-6-2-10-20(24)30-29(21-11-3-9-17-27(21)35(19)30)33-28(36)18-34-25-15-7-4-12-22(25)31(37)23-13-5-8-16-26(23)34/h2-17H,18H2,1H3,(H,33,36). The zero-order valence-corrected chi connectivity index (χ0v) is 20.1. The van der Waals surface area contributed by atoms with Gasteiger partial charge >= 0.3 is 0 Å². The number of anilines is 1. The maximum Gasteiger partial charge on any atom is 0.244 e. The number of aromatic nitrogens is 3. The molecule has 0 spiro atoms. The van der Waals surface area contributed by atoms with Crippen molar-refractivity contribution in [3.8, 4) is 0 Å². The summed E-state index contributed by atoms with van der Waals surface area (Å²) in [4.78, 5) is 31.6. The number of fused-ring (bicyclic) bond motifs is 7. The highest BCUT2D eigenvalue weighted by Crippen LogP contribution is 2.36. The summed E-state index contributed by atoms with van der Waals surface area (Å²) in [5, 5.41) is 6.35. The van der Waals surface area contributed by atoms with E-state index in [0.717, 1.165) is 49.9 Å². The first-order valence-corrected chi connectivity index (χ1v) is 12.2. The molecule has 7 rings (SSSR count). The van der Waals surface area contributed by atoms with Crippen molar-refractivity contribution >= 4 is 60.7 Å². The Kier molecular flexibility index (Phi) is 4.63. The van der Waals surface area contributed by atoms with E-state index in [1.807, 2.05) is 109 Å². The summed E-state index contributed by atoms with van der Waals surface area (Å²) in [6, 6.07) is 30.9. The maximum atomic E-state index is 13.7. The van der Waals surface area contributed by atoms with Gasteiger partial charge in [-0.3, -0.25) is 14.0 Å². The van der Waals surface area contributed by atoms with Crippen molar-refractivity contribution in [1.29, 1.82) is 0 Å². The maximum absolute atomic E-state index is 13.7. The second-order valence-electron chi connectivity index (χ2n) is 9.25. The van der Waals surface area contributed by atoms with Gasteiger partial charge in [0.1, 0.15) is 12.4 Å². The van der Waals surface area contributed by atoms with Crippen LogP contribution in [0.3, 0.4) is 0 Å². The molecule has 0 saturated carbocycles. The van der Waals surface area contributed by atoms with Gasteiger partial charge < -0.3 is 9.88 Å². The molecular formula is C31H22N4O2. The largest absolute Gasteiger partial charge is 0.331 e. The van der Waals surface area contributed by atoms with Gasteiger partial charge in [-0.05, 0) is 43.3 Å². The zero-order valence-electron chi connectivity index (χ0n) is 20.1. The van der Waals surface area contributed by atoms with E-state index in [-0.39, 0.29) is 17.9 Å². The molecule has 37 heavy (non-hydrogen) atoms. The molecule has 6 heteroatoms. The molecule has 1 N–H and O–H groups in total. The molecule has 0 saturated heterocycles. The van der Waals surface area contributed by atoms with E-state index < -0.39 is 0 Å². The minimum absolute atomic E-state index is 0.0262. The smallest absolute Gasteiger partial charge is 0.244 e. The highest BCUT2D eigenvalue weighted by Gasteiger charge is 2.20. The number of carbonyl (C=O) groups excluding carboxylic acids is 1. The normalized spacial score (nSPS) is 11.7. The average Bonchev–Trinajstić information content (AvgIpc) is 3.26. The summed E-state index contributed by atoms with van der Waals surface area (Å²) in [6.45, 7) is 2.05. The van der Waals surface area contributed by atoms with Crippen LogP contribution in [0.1, 0.15) is 5.82 Å². The predicted molar refractivity (Wildman–Crippen MR) is 149 cm³/mol. The fraction of sp³-hybridized carbons (Fsp3) is 0.0645. The van der Waals surface area contributed by atoms with Crippen LogP contribution in [0.15, 0.2) is 102 Å². The number of nitrogens with zero attached hydrogens (tertiary/aromatic N) is 3. The molecule has 3 aromatic heterocycles. The van der Waals surface area contributed by atoms with Gasteiger partial charge in [0.05, 0.1) is 33.3 Å². The lowest BCUT2D eigenvalue weighted by molar-refractivity contribution is -0.116. The van der Waals surface area contributed by atoms with Crippen LogP contribution in [0.25, 0.3) is 49.1 Å². The molecule has 4 aromatic carbocycles. The Bertz CT molecular complexity index is 2040. The second kappa shape index (κ2) is 8.03. The van der Waals surface area contributed by atoms with Crippen molar-refractivity contribution in [3.63, 3.8) is 0 Å². The van der Waals surface area contributed by atoms with Crippen LogP contribution in [0, 0.1) is 6.92 Å². The second-order valence-corrected chi connectivity index (χ2v) is 9.25. The van der Waals surface area contributed by atoms with Gasteiger partial charge in [0.25, 0.3) is 0 Å². The van der Waals surface area contributed by atoms with Crippen molar-refractivity contribution in [2.75, 3.05) is 5.32 Å². The van der Waals surface area contributed by atoms with Gasteiger partial charge in [-0.25, -0.2) is 4.98 Å². The topological polar surface area (TPSA) is 68.4 Å². The lowest BCUT2D eigenvalue weighted by Crippen LogP contribution is -2.21. The van der Waals surface area contributed by atoms with Crippen LogP contribution >= 0.6 is 0 Å². The Labute approximate surface area is 211 Å². The third-order valence-corrected chi connectivity index (χ3v) is 7.08. The summed E-state index contributed by atoms with van der Waals surface area (Å²) < 4.78 is 4.03. The van der Waals surface area contributed by atoms with Crippen LogP contribution in [-0.2, 0) is 11.3 Å². The highest BCUT2D eigenvalue weighted by molar-refractivity contribution is 6.16.